The lowest BCUT2D eigenvalue weighted by molar-refractivity contribution is -0.133. The molecule has 4 nitrogen and oxygen atoms in total. The third kappa shape index (κ3) is 4.24. The van der Waals surface area contributed by atoms with E-state index in [0.717, 1.165) is 38.0 Å². The van der Waals surface area contributed by atoms with Crippen molar-refractivity contribution in [3.05, 3.63) is 48.0 Å². The molecule has 0 atom stereocenters. The topological polar surface area (TPSA) is 36.7 Å². The average Bonchev–Trinajstić information content (AvgIpc) is 3.39. The van der Waals surface area contributed by atoms with Crippen LogP contribution in [0.2, 0.25) is 0 Å². The van der Waals surface area contributed by atoms with Crippen LogP contribution in [0.1, 0.15) is 37.9 Å². The molecule has 2 heterocycles. The summed E-state index contributed by atoms with van der Waals surface area (Å²) in [7, 11) is 0. The van der Waals surface area contributed by atoms with Crippen molar-refractivity contribution in [3.8, 4) is 11.3 Å². The average molecular weight is 370 g/mol. The van der Waals surface area contributed by atoms with Crippen LogP contribution in [0.4, 0.5) is 4.39 Å². The van der Waals surface area contributed by atoms with Gasteiger partial charge in [0.05, 0.1) is 5.56 Å². The van der Waals surface area contributed by atoms with Gasteiger partial charge in [0.2, 0.25) is 5.91 Å². The number of rotatable bonds is 5. The molecule has 2 aliphatic rings. The molecule has 1 saturated heterocycles. The van der Waals surface area contributed by atoms with Crippen molar-refractivity contribution < 1.29 is 13.6 Å². The van der Waals surface area contributed by atoms with Gasteiger partial charge >= 0.3 is 0 Å². The first-order valence-corrected chi connectivity index (χ1v) is 10.1. The standard InChI is InChI=1S/C22H27FN2O2/c23-20-8-4-3-7-19(20)21-11-9-18(27-21)10-12-22(26)25-15-13-24(14-16-25)17-5-1-2-6-17/h3-4,7-9,11,17H,1-2,5-6,10,12-16H2. The Balaban J connectivity index is 1.27. The van der Waals surface area contributed by atoms with E-state index in [1.54, 1.807) is 24.3 Å². The maximum absolute atomic E-state index is 13.9. The zero-order valence-corrected chi connectivity index (χ0v) is 15.7. The summed E-state index contributed by atoms with van der Waals surface area (Å²) in [5.74, 6) is 1.13. The number of halogens is 1. The lowest BCUT2D eigenvalue weighted by atomic mass is 10.1. The predicted octanol–water partition coefficient (Wildman–Crippen LogP) is 4.11. The molecule has 0 unspecified atom stereocenters. The van der Waals surface area contributed by atoms with Gasteiger partial charge < -0.3 is 9.32 Å². The molecule has 0 radical (unpaired) electrons. The van der Waals surface area contributed by atoms with Gasteiger partial charge in [0.1, 0.15) is 17.3 Å². The summed E-state index contributed by atoms with van der Waals surface area (Å²) in [6.45, 7) is 3.64. The molecule has 1 aliphatic carbocycles. The molecule has 1 saturated carbocycles. The quantitative estimate of drug-likeness (QED) is 0.795. The summed E-state index contributed by atoms with van der Waals surface area (Å²) in [6.07, 6.45) is 6.32. The summed E-state index contributed by atoms with van der Waals surface area (Å²) in [4.78, 5) is 17.1. The molecule has 2 fully saturated rings. The minimum atomic E-state index is -0.297. The lowest BCUT2D eigenvalue weighted by Gasteiger charge is -2.38. The van der Waals surface area contributed by atoms with Gasteiger partial charge in [0.25, 0.3) is 0 Å². The van der Waals surface area contributed by atoms with E-state index in [1.807, 2.05) is 11.0 Å². The van der Waals surface area contributed by atoms with Gasteiger partial charge in [0, 0.05) is 45.1 Å². The number of benzene rings is 1. The van der Waals surface area contributed by atoms with Crippen LogP contribution in [0.3, 0.4) is 0 Å². The number of aryl methyl sites for hydroxylation is 1. The number of nitrogens with zero attached hydrogens (tertiary/aromatic N) is 2. The monoisotopic (exact) mass is 370 g/mol. The number of carbonyl (C=O) groups is 1. The highest BCUT2D eigenvalue weighted by Gasteiger charge is 2.27. The van der Waals surface area contributed by atoms with Crippen molar-refractivity contribution in [1.29, 1.82) is 0 Å². The van der Waals surface area contributed by atoms with Crippen molar-refractivity contribution in [3.63, 3.8) is 0 Å². The third-order valence-corrected chi connectivity index (χ3v) is 5.89. The van der Waals surface area contributed by atoms with E-state index in [-0.39, 0.29) is 11.7 Å². The Morgan fingerprint density at radius 1 is 1.04 bits per heavy atom. The molecular weight excluding hydrogens is 343 g/mol. The summed E-state index contributed by atoms with van der Waals surface area (Å²) in [5.41, 5.74) is 0.457. The molecule has 2 aromatic rings. The summed E-state index contributed by atoms with van der Waals surface area (Å²) in [5, 5.41) is 0. The van der Waals surface area contributed by atoms with Gasteiger partial charge in [-0.3, -0.25) is 9.69 Å². The molecule has 5 heteroatoms. The fourth-order valence-corrected chi connectivity index (χ4v) is 4.31. The molecule has 0 bridgehead atoms. The molecule has 1 amide bonds. The number of furan rings is 1. The first-order valence-electron chi connectivity index (χ1n) is 10.1. The lowest BCUT2D eigenvalue weighted by Crippen LogP contribution is -2.51. The van der Waals surface area contributed by atoms with Crippen molar-refractivity contribution >= 4 is 5.91 Å². The second-order valence-electron chi connectivity index (χ2n) is 7.60. The van der Waals surface area contributed by atoms with E-state index >= 15 is 0 Å². The highest BCUT2D eigenvalue weighted by Crippen LogP contribution is 2.26. The Bertz CT molecular complexity index is 774. The molecule has 4 rings (SSSR count). The predicted molar refractivity (Wildman–Crippen MR) is 103 cm³/mol. The van der Waals surface area contributed by atoms with E-state index < -0.39 is 0 Å². The molecule has 1 aromatic heterocycles. The maximum atomic E-state index is 13.9. The Morgan fingerprint density at radius 2 is 1.78 bits per heavy atom. The van der Waals surface area contributed by atoms with Crippen LogP contribution < -0.4 is 0 Å². The molecule has 27 heavy (non-hydrogen) atoms. The molecule has 1 aliphatic heterocycles. The van der Waals surface area contributed by atoms with Gasteiger partial charge in [-0.2, -0.15) is 0 Å². The van der Waals surface area contributed by atoms with Crippen molar-refractivity contribution in [2.75, 3.05) is 26.2 Å². The zero-order valence-electron chi connectivity index (χ0n) is 15.7. The van der Waals surface area contributed by atoms with Gasteiger partial charge in [-0.1, -0.05) is 25.0 Å². The first-order chi connectivity index (χ1) is 13.2. The smallest absolute Gasteiger partial charge is 0.223 e. The molecule has 0 spiro atoms. The summed E-state index contributed by atoms with van der Waals surface area (Å²) >= 11 is 0. The molecular formula is C22H27FN2O2. The highest BCUT2D eigenvalue weighted by molar-refractivity contribution is 5.76. The fraction of sp³-hybridized carbons (Fsp3) is 0.500. The van der Waals surface area contributed by atoms with Crippen LogP contribution in [-0.4, -0.2) is 47.9 Å². The van der Waals surface area contributed by atoms with Crippen LogP contribution in [0.5, 0.6) is 0 Å². The molecule has 1 aromatic carbocycles. The SMILES string of the molecule is O=C(CCc1ccc(-c2ccccc2F)o1)N1CCN(C2CCCC2)CC1. The van der Waals surface area contributed by atoms with Gasteiger partial charge in [0.15, 0.2) is 0 Å². The second kappa shape index (κ2) is 8.26. The number of amides is 1. The highest BCUT2D eigenvalue weighted by atomic mass is 19.1. The molecule has 144 valence electrons. The van der Waals surface area contributed by atoms with Crippen LogP contribution in [0, 0.1) is 5.82 Å². The minimum Gasteiger partial charge on any atom is -0.461 e. The Morgan fingerprint density at radius 3 is 2.52 bits per heavy atom. The van der Waals surface area contributed by atoms with Crippen LogP contribution in [-0.2, 0) is 11.2 Å². The van der Waals surface area contributed by atoms with Crippen molar-refractivity contribution in [2.45, 2.75) is 44.6 Å². The summed E-state index contributed by atoms with van der Waals surface area (Å²) < 4.78 is 19.6. The number of carbonyl (C=O) groups excluding carboxylic acids is 1. The van der Waals surface area contributed by atoms with E-state index in [2.05, 4.69) is 4.90 Å². The fourth-order valence-electron chi connectivity index (χ4n) is 4.31. The second-order valence-corrected chi connectivity index (χ2v) is 7.60. The maximum Gasteiger partial charge on any atom is 0.223 e. The zero-order chi connectivity index (χ0) is 18.6. The van der Waals surface area contributed by atoms with Gasteiger partial charge in [-0.25, -0.2) is 4.39 Å². The number of hydrogen-bond acceptors (Lipinski definition) is 3. The Kier molecular flexibility index (Phi) is 5.58. The van der Waals surface area contributed by atoms with Gasteiger partial charge in [-0.05, 0) is 37.1 Å². The first kappa shape index (κ1) is 18.2. The minimum absolute atomic E-state index is 0.185. The normalized spacial score (nSPS) is 18.9. The van der Waals surface area contributed by atoms with E-state index in [9.17, 15) is 9.18 Å². The van der Waals surface area contributed by atoms with Crippen LogP contribution in [0.15, 0.2) is 40.8 Å². The number of piperazine rings is 1. The van der Waals surface area contributed by atoms with Crippen molar-refractivity contribution in [1.82, 2.24) is 9.80 Å². The third-order valence-electron chi connectivity index (χ3n) is 5.89. The van der Waals surface area contributed by atoms with Gasteiger partial charge in [-0.15, -0.1) is 0 Å². The van der Waals surface area contributed by atoms with Crippen molar-refractivity contribution in [2.24, 2.45) is 0 Å². The van der Waals surface area contributed by atoms with E-state index in [0.29, 0.717) is 24.2 Å². The van der Waals surface area contributed by atoms with E-state index in [1.165, 1.54) is 31.7 Å². The Labute approximate surface area is 159 Å². The summed E-state index contributed by atoms with van der Waals surface area (Å²) in [6, 6.07) is 10.9. The van der Waals surface area contributed by atoms with Crippen LogP contribution in [0.25, 0.3) is 11.3 Å². The van der Waals surface area contributed by atoms with Crippen LogP contribution >= 0.6 is 0 Å². The Hall–Kier alpha value is -2.14. The largest absolute Gasteiger partial charge is 0.461 e. The molecule has 0 N–H and O–H groups in total. The number of hydrogen-bond donors (Lipinski definition) is 0. The van der Waals surface area contributed by atoms with E-state index in [4.69, 9.17) is 4.42 Å².